The van der Waals surface area contributed by atoms with Gasteiger partial charge in [-0.05, 0) is 23.1 Å². The third-order valence-corrected chi connectivity index (χ3v) is 3.91. The van der Waals surface area contributed by atoms with Crippen molar-refractivity contribution >= 4 is 11.8 Å². The molecule has 1 heterocycles. The molecule has 2 rings (SSSR count). The SMILES string of the molecule is CCC(C)C(O)c1ccc2c(c1)C(=O)N(C)C(=O)C2. The van der Waals surface area contributed by atoms with E-state index in [-0.39, 0.29) is 24.2 Å². The molecule has 4 heteroatoms. The average Bonchev–Trinajstić information content (AvgIpc) is 2.43. The van der Waals surface area contributed by atoms with Gasteiger partial charge in [-0.1, -0.05) is 32.4 Å². The third-order valence-electron chi connectivity index (χ3n) is 3.91. The third kappa shape index (κ3) is 2.40. The van der Waals surface area contributed by atoms with Gasteiger partial charge in [-0.3, -0.25) is 14.5 Å². The van der Waals surface area contributed by atoms with Gasteiger partial charge in [0.1, 0.15) is 0 Å². The Morgan fingerprint density at radius 3 is 2.68 bits per heavy atom. The van der Waals surface area contributed by atoms with Gasteiger partial charge in [-0.25, -0.2) is 0 Å². The number of carbonyl (C=O) groups excluding carboxylic acids is 2. The molecule has 0 saturated heterocycles. The van der Waals surface area contributed by atoms with E-state index in [4.69, 9.17) is 0 Å². The normalized spacial score (nSPS) is 18.2. The Labute approximate surface area is 113 Å². The number of aliphatic hydroxyl groups excluding tert-OH is 1. The van der Waals surface area contributed by atoms with Crippen LogP contribution in [0.2, 0.25) is 0 Å². The van der Waals surface area contributed by atoms with Crippen LogP contribution in [0.4, 0.5) is 0 Å². The summed E-state index contributed by atoms with van der Waals surface area (Å²) >= 11 is 0. The van der Waals surface area contributed by atoms with Crippen LogP contribution >= 0.6 is 0 Å². The maximum absolute atomic E-state index is 12.1. The molecule has 1 aromatic rings. The van der Waals surface area contributed by atoms with Gasteiger partial charge in [0, 0.05) is 12.6 Å². The number of benzene rings is 1. The van der Waals surface area contributed by atoms with Crippen molar-refractivity contribution < 1.29 is 14.7 Å². The number of nitrogens with zero attached hydrogens (tertiary/aromatic N) is 1. The summed E-state index contributed by atoms with van der Waals surface area (Å²) in [6.45, 7) is 3.99. The molecular weight excluding hydrogens is 242 g/mol. The van der Waals surface area contributed by atoms with Crippen molar-refractivity contribution in [1.82, 2.24) is 4.90 Å². The summed E-state index contributed by atoms with van der Waals surface area (Å²) < 4.78 is 0. The van der Waals surface area contributed by atoms with Crippen molar-refractivity contribution in [2.75, 3.05) is 7.05 Å². The van der Waals surface area contributed by atoms with Crippen LogP contribution in [0.1, 0.15) is 47.9 Å². The van der Waals surface area contributed by atoms with E-state index < -0.39 is 6.10 Å². The van der Waals surface area contributed by atoms with Crippen molar-refractivity contribution in [2.24, 2.45) is 5.92 Å². The van der Waals surface area contributed by atoms with Gasteiger partial charge in [0.05, 0.1) is 12.5 Å². The number of imide groups is 1. The quantitative estimate of drug-likeness (QED) is 0.846. The van der Waals surface area contributed by atoms with Crippen LogP contribution in [-0.4, -0.2) is 28.9 Å². The first-order valence-corrected chi connectivity index (χ1v) is 6.57. The van der Waals surface area contributed by atoms with Crippen molar-refractivity contribution in [1.29, 1.82) is 0 Å². The van der Waals surface area contributed by atoms with Gasteiger partial charge in [0.25, 0.3) is 5.91 Å². The molecule has 19 heavy (non-hydrogen) atoms. The Morgan fingerprint density at radius 2 is 2.05 bits per heavy atom. The second kappa shape index (κ2) is 5.13. The Kier molecular flexibility index (Phi) is 3.71. The molecule has 4 nitrogen and oxygen atoms in total. The highest BCUT2D eigenvalue weighted by atomic mass is 16.3. The largest absolute Gasteiger partial charge is 0.388 e. The summed E-state index contributed by atoms with van der Waals surface area (Å²) in [4.78, 5) is 24.8. The number of aliphatic hydroxyl groups is 1. The molecule has 102 valence electrons. The molecule has 2 unspecified atom stereocenters. The molecule has 1 aliphatic heterocycles. The van der Waals surface area contributed by atoms with Crippen LogP contribution in [0.3, 0.4) is 0 Å². The highest BCUT2D eigenvalue weighted by Crippen LogP contribution is 2.28. The average molecular weight is 261 g/mol. The van der Waals surface area contributed by atoms with Crippen LogP contribution in [0.25, 0.3) is 0 Å². The summed E-state index contributed by atoms with van der Waals surface area (Å²) in [6, 6.07) is 5.30. The van der Waals surface area contributed by atoms with Gasteiger partial charge >= 0.3 is 0 Å². The molecule has 0 aliphatic carbocycles. The van der Waals surface area contributed by atoms with E-state index in [1.807, 2.05) is 19.9 Å². The molecule has 1 aliphatic rings. The predicted molar refractivity (Wildman–Crippen MR) is 71.7 cm³/mol. The summed E-state index contributed by atoms with van der Waals surface area (Å²) in [5, 5.41) is 10.2. The first-order chi connectivity index (χ1) is 8.95. The summed E-state index contributed by atoms with van der Waals surface area (Å²) in [7, 11) is 1.49. The lowest BCUT2D eigenvalue weighted by molar-refractivity contribution is -0.127. The fraction of sp³-hybridized carbons (Fsp3) is 0.467. The van der Waals surface area contributed by atoms with Gasteiger partial charge in [0.15, 0.2) is 0 Å². The fourth-order valence-corrected chi connectivity index (χ4v) is 2.26. The Balaban J connectivity index is 2.39. The second-order valence-electron chi connectivity index (χ2n) is 5.18. The number of rotatable bonds is 3. The maximum atomic E-state index is 12.1. The lowest BCUT2D eigenvalue weighted by Gasteiger charge is -2.25. The molecule has 0 fully saturated rings. The minimum Gasteiger partial charge on any atom is -0.388 e. The van der Waals surface area contributed by atoms with Crippen molar-refractivity contribution in [2.45, 2.75) is 32.8 Å². The molecule has 0 aromatic heterocycles. The molecule has 0 saturated carbocycles. The summed E-state index contributed by atoms with van der Waals surface area (Å²) in [6.07, 6.45) is 0.535. The number of hydrogen-bond acceptors (Lipinski definition) is 3. The maximum Gasteiger partial charge on any atom is 0.260 e. The topological polar surface area (TPSA) is 57.6 Å². The molecule has 2 amide bonds. The van der Waals surface area contributed by atoms with E-state index >= 15 is 0 Å². The van der Waals surface area contributed by atoms with Gasteiger partial charge < -0.3 is 5.11 Å². The zero-order valence-corrected chi connectivity index (χ0v) is 11.5. The first-order valence-electron chi connectivity index (χ1n) is 6.57. The zero-order valence-electron chi connectivity index (χ0n) is 11.5. The van der Waals surface area contributed by atoms with Gasteiger partial charge in [-0.2, -0.15) is 0 Å². The van der Waals surface area contributed by atoms with E-state index in [0.717, 1.165) is 22.4 Å². The Hall–Kier alpha value is -1.68. The Bertz CT molecular complexity index is 524. The van der Waals surface area contributed by atoms with Crippen molar-refractivity contribution in [3.05, 3.63) is 34.9 Å². The van der Waals surface area contributed by atoms with Crippen LogP contribution < -0.4 is 0 Å². The van der Waals surface area contributed by atoms with E-state index in [1.54, 1.807) is 12.1 Å². The summed E-state index contributed by atoms with van der Waals surface area (Å²) in [5.74, 6) is -0.340. The first kappa shape index (κ1) is 13.7. The van der Waals surface area contributed by atoms with Crippen LogP contribution in [0.15, 0.2) is 18.2 Å². The minimum atomic E-state index is -0.578. The molecular formula is C15H19NO3. The smallest absolute Gasteiger partial charge is 0.260 e. The lowest BCUT2D eigenvalue weighted by atomic mass is 9.90. The standard InChI is InChI=1S/C15H19NO3/c1-4-9(2)14(18)11-6-5-10-8-13(17)16(3)15(19)12(10)7-11/h5-7,9,14,18H,4,8H2,1-3H3. The monoisotopic (exact) mass is 261 g/mol. The lowest BCUT2D eigenvalue weighted by Crippen LogP contribution is -2.39. The minimum absolute atomic E-state index is 0.135. The number of fused-ring (bicyclic) bond motifs is 1. The highest BCUT2D eigenvalue weighted by molar-refractivity contribution is 6.09. The number of likely N-dealkylation sites (N-methyl/N-ethyl adjacent to an activating group) is 1. The molecule has 0 radical (unpaired) electrons. The Morgan fingerprint density at radius 1 is 1.37 bits per heavy atom. The van der Waals surface area contributed by atoms with E-state index in [2.05, 4.69) is 0 Å². The molecule has 2 atom stereocenters. The zero-order chi connectivity index (χ0) is 14.2. The highest BCUT2D eigenvalue weighted by Gasteiger charge is 2.29. The number of carbonyl (C=O) groups is 2. The van der Waals surface area contributed by atoms with Crippen LogP contribution in [0.5, 0.6) is 0 Å². The number of hydrogen-bond donors (Lipinski definition) is 1. The molecule has 1 aromatic carbocycles. The van der Waals surface area contributed by atoms with Crippen LogP contribution in [-0.2, 0) is 11.2 Å². The van der Waals surface area contributed by atoms with Crippen molar-refractivity contribution in [3.8, 4) is 0 Å². The number of amides is 2. The van der Waals surface area contributed by atoms with Crippen molar-refractivity contribution in [3.63, 3.8) is 0 Å². The van der Waals surface area contributed by atoms with E-state index in [1.165, 1.54) is 7.05 Å². The van der Waals surface area contributed by atoms with Gasteiger partial charge in [0.2, 0.25) is 5.91 Å². The molecule has 1 N–H and O–H groups in total. The van der Waals surface area contributed by atoms with E-state index in [0.29, 0.717) is 5.56 Å². The molecule has 0 bridgehead atoms. The van der Waals surface area contributed by atoms with Gasteiger partial charge in [-0.15, -0.1) is 0 Å². The van der Waals surface area contributed by atoms with E-state index in [9.17, 15) is 14.7 Å². The second-order valence-corrected chi connectivity index (χ2v) is 5.18. The fourth-order valence-electron chi connectivity index (χ4n) is 2.26. The predicted octanol–water partition coefficient (Wildman–Crippen LogP) is 1.92. The summed E-state index contributed by atoms with van der Waals surface area (Å²) in [5.41, 5.74) is 2.01. The van der Waals surface area contributed by atoms with Crippen LogP contribution in [0, 0.1) is 5.92 Å². The molecule has 0 spiro atoms.